The van der Waals surface area contributed by atoms with Gasteiger partial charge in [0.25, 0.3) is 0 Å². The molecule has 0 aromatic rings. The average molecular weight is 191 g/mol. The summed E-state index contributed by atoms with van der Waals surface area (Å²) in [6, 6.07) is 0. The molecule has 0 saturated heterocycles. The molecule has 4 heteroatoms. The van der Waals surface area contributed by atoms with Gasteiger partial charge in [-0.1, -0.05) is 0 Å². The molecule has 1 unspecified atom stereocenters. The van der Waals surface area contributed by atoms with Crippen LogP contribution in [0.25, 0.3) is 0 Å². The minimum Gasteiger partial charge on any atom is -0.393 e. The monoisotopic (exact) mass is 191 g/mol. The van der Waals surface area contributed by atoms with Gasteiger partial charge in [0.1, 0.15) is 0 Å². The summed E-state index contributed by atoms with van der Waals surface area (Å²) in [6.07, 6.45) is 5.49. The second-order valence-corrected chi connectivity index (χ2v) is 4.67. The van der Waals surface area contributed by atoms with E-state index in [4.69, 9.17) is 0 Å². The quantitative estimate of drug-likeness (QED) is 0.679. The third-order valence-electron chi connectivity index (χ3n) is 2.39. The molecule has 1 fully saturated rings. The first-order chi connectivity index (χ1) is 5.68. The van der Waals surface area contributed by atoms with Crippen LogP contribution in [-0.4, -0.2) is 28.2 Å². The van der Waals surface area contributed by atoms with Crippen LogP contribution in [0.2, 0.25) is 0 Å². The zero-order chi connectivity index (χ0) is 8.97. The highest BCUT2D eigenvalue weighted by Crippen LogP contribution is 2.23. The Morgan fingerprint density at radius 1 is 1.42 bits per heavy atom. The third kappa shape index (κ3) is 3.65. The maximum Gasteiger partial charge on any atom is 0.0883 e. The van der Waals surface area contributed by atoms with Crippen LogP contribution < -0.4 is 4.72 Å². The molecular formula is C8H17NO2S. The van der Waals surface area contributed by atoms with Crippen LogP contribution in [0.5, 0.6) is 0 Å². The molecular weight excluding hydrogens is 174 g/mol. The molecule has 0 spiro atoms. The highest BCUT2D eigenvalue weighted by molar-refractivity contribution is 7.82. The predicted octanol–water partition coefficient (Wildman–Crippen LogP) is 0.421. The van der Waals surface area contributed by atoms with Crippen molar-refractivity contribution in [3.8, 4) is 0 Å². The molecule has 0 heterocycles. The van der Waals surface area contributed by atoms with E-state index in [-0.39, 0.29) is 6.10 Å². The van der Waals surface area contributed by atoms with Crippen molar-refractivity contribution >= 4 is 11.0 Å². The van der Waals surface area contributed by atoms with E-state index in [2.05, 4.69) is 4.72 Å². The summed E-state index contributed by atoms with van der Waals surface area (Å²) >= 11 is 0. The Hall–Kier alpha value is 0.0700. The van der Waals surface area contributed by atoms with E-state index in [0.29, 0.717) is 5.92 Å². The van der Waals surface area contributed by atoms with Crippen LogP contribution in [0.1, 0.15) is 25.7 Å². The van der Waals surface area contributed by atoms with Crippen molar-refractivity contribution in [2.45, 2.75) is 31.8 Å². The number of rotatable bonds is 3. The zero-order valence-electron chi connectivity index (χ0n) is 7.45. The molecule has 0 bridgehead atoms. The minimum absolute atomic E-state index is 0.0895. The molecule has 2 N–H and O–H groups in total. The van der Waals surface area contributed by atoms with Gasteiger partial charge in [-0.15, -0.1) is 0 Å². The molecule has 0 aromatic heterocycles. The lowest BCUT2D eigenvalue weighted by Gasteiger charge is -2.24. The Morgan fingerprint density at radius 2 is 2.00 bits per heavy atom. The van der Waals surface area contributed by atoms with Crippen molar-refractivity contribution < 1.29 is 9.32 Å². The second kappa shape index (κ2) is 4.94. The van der Waals surface area contributed by atoms with Crippen molar-refractivity contribution in [1.29, 1.82) is 0 Å². The van der Waals surface area contributed by atoms with E-state index in [1.54, 1.807) is 6.26 Å². The first-order valence-electron chi connectivity index (χ1n) is 4.43. The largest absolute Gasteiger partial charge is 0.393 e. The van der Waals surface area contributed by atoms with Gasteiger partial charge >= 0.3 is 0 Å². The zero-order valence-corrected chi connectivity index (χ0v) is 8.27. The van der Waals surface area contributed by atoms with E-state index in [9.17, 15) is 9.32 Å². The number of aliphatic hydroxyl groups is 1. The fourth-order valence-electron chi connectivity index (χ4n) is 1.58. The van der Waals surface area contributed by atoms with Crippen molar-refractivity contribution in [2.75, 3.05) is 12.8 Å². The van der Waals surface area contributed by atoms with Gasteiger partial charge in [0.2, 0.25) is 0 Å². The van der Waals surface area contributed by atoms with Gasteiger partial charge in [0.05, 0.1) is 17.1 Å². The highest BCUT2D eigenvalue weighted by Gasteiger charge is 2.18. The van der Waals surface area contributed by atoms with Crippen LogP contribution in [0, 0.1) is 5.92 Å². The lowest BCUT2D eigenvalue weighted by molar-refractivity contribution is 0.110. The van der Waals surface area contributed by atoms with Gasteiger partial charge < -0.3 is 5.11 Å². The minimum atomic E-state index is -0.888. The van der Waals surface area contributed by atoms with Crippen molar-refractivity contribution in [1.82, 2.24) is 4.72 Å². The Balaban J connectivity index is 2.13. The van der Waals surface area contributed by atoms with Crippen molar-refractivity contribution in [3.05, 3.63) is 0 Å². The SMILES string of the molecule is CS(=O)NCC1CCC(O)CC1. The highest BCUT2D eigenvalue weighted by atomic mass is 32.2. The van der Waals surface area contributed by atoms with Crippen molar-refractivity contribution in [2.24, 2.45) is 5.92 Å². The van der Waals surface area contributed by atoms with E-state index in [1.807, 2.05) is 0 Å². The summed E-state index contributed by atoms with van der Waals surface area (Å²) in [6.45, 7) is 0.829. The lowest BCUT2D eigenvalue weighted by Crippen LogP contribution is -2.28. The van der Waals surface area contributed by atoms with Gasteiger partial charge in [0.15, 0.2) is 0 Å². The molecule has 1 rings (SSSR count). The van der Waals surface area contributed by atoms with Gasteiger partial charge in [-0.3, -0.25) is 0 Å². The second-order valence-electron chi connectivity index (χ2n) is 3.48. The number of nitrogens with one attached hydrogen (secondary N) is 1. The number of hydrogen-bond donors (Lipinski definition) is 2. The van der Waals surface area contributed by atoms with Crippen molar-refractivity contribution in [3.63, 3.8) is 0 Å². The summed E-state index contributed by atoms with van der Waals surface area (Å²) < 4.78 is 13.6. The molecule has 12 heavy (non-hydrogen) atoms. The third-order valence-corrected chi connectivity index (χ3v) is 2.96. The van der Waals surface area contributed by atoms with Gasteiger partial charge in [0, 0.05) is 12.8 Å². The molecule has 0 amide bonds. The average Bonchev–Trinajstić information content (AvgIpc) is 2.03. The first kappa shape index (κ1) is 10.2. The first-order valence-corrected chi connectivity index (χ1v) is 5.99. The fraction of sp³-hybridized carbons (Fsp3) is 1.00. The fourth-order valence-corrected chi connectivity index (χ4v) is 2.05. The van der Waals surface area contributed by atoms with E-state index >= 15 is 0 Å². The van der Waals surface area contributed by atoms with Crippen LogP contribution in [0.15, 0.2) is 0 Å². The summed E-state index contributed by atoms with van der Waals surface area (Å²) in [4.78, 5) is 0. The standard InChI is InChI=1S/C8H17NO2S/c1-12(11)9-6-7-2-4-8(10)5-3-7/h7-10H,2-6H2,1H3. The predicted molar refractivity (Wildman–Crippen MR) is 50.0 cm³/mol. The van der Waals surface area contributed by atoms with E-state index < -0.39 is 11.0 Å². The van der Waals surface area contributed by atoms with Crippen LogP contribution >= 0.6 is 0 Å². The lowest BCUT2D eigenvalue weighted by atomic mass is 9.88. The van der Waals surface area contributed by atoms with Gasteiger partial charge in [-0.05, 0) is 31.6 Å². The molecule has 0 aromatic carbocycles. The Morgan fingerprint density at radius 3 is 2.50 bits per heavy atom. The maximum absolute atomic E-state index is 10.7. The molecule has 3 nitrogen and oxygen atoms in total. The topological polar surface area (TPSA) is 49.3 Å². The van der Waals surface area contributed by atoms with Crippen LogP contribution in [0.4, 0.5) is 0 Å². The molecule has 1 saturated carbocycles. The maximum atomic E-state index is 10.7. The Bertz CT molecular complexity index is 155. The number of aliphatic hydroxyl groups excluding tert-OH is 1. The van der Waals surface area contributed by atoms with E-state index in [0.717, 1.165) is 32.2 Å². The molecule has 1 aliphatic carbocycles. The molecule has 72 valence electrons. The molecule has 1 atom stereocenters. The van der Waals surface area contributed by atoms with Crippen LogP contribution in [0.3, 0.4) is 0 Å². The molecule has 1 aliphatic rings. The van der Waals surface area contributed by atoms with E-state index in [1.165, 1.54) is 0 Å². The summed E-state index contributed by atoms with van der Waals surface area (Å²) in [5.74, 6) is 0.609. The smallest absolute Gasteiger partial charge is 0.0883 e. The normalized spacial score (nSPS) is 33.2. The summed E-state index contributed by atoms with van der Waals surface area (Å²) in [7, 11) is -0.888. The van der Waals surface area contributed by atoms with Crippen LogP contribution in [-0.2, 0) is 11.0 Å². The number of hydrogen-bond acceptors (Lipinski definition) is 2. The Labute approximate surface area is 76.1 Å². The van der Waals surface area contributed by atoms with Gasteiger partial charge in [-0.2, -0.15) is 0 Å². The summed E-state index contributed by atoms with van der Waals surface area (Å²) in [5, 5.41) is 9.22. The Kier molecular flexibility index (Phi) is 4.18. The summed E-state index contributed by atoms with van der Waals surface area (Å²) in [5.41, 5.74) is 0. The van der Waals surface area contributed by atoms with Gasteiger partial charge in [-0.25, -0.2) is 8.93 Å². The molecule has 0 aliphatic heterocycles. The molecule has 0 radical (unpaired) electrons.